The number of aliphatic hydroxyl groups excluding tert-OH is 2. The number of ketones is 1. The molecule has 1 atom stereocenters. The molecule has 0 radical (unpaired) electrons. The van der Waals surface area contributed by atoms with E-state index in [0.29, 0.717) is 32.0 Å². The van der Waals surface area contributed by atoms with E-state index < -0.39 is 0 Å². The van der Waals surface area contributed by atoms with Crippen molar-refractivity contribution in [2.24, 2.45) is 5.92 Å². The molecule has 0 fully saturated rings. The van der Waals surface area contributed by atoms with Gasteiger partial charge in [-0.05, 0) is 44.9 Å². The van der Waals surface area contributed by atoms with E-state index in [1.807, 2.05) is 0 Å². The van der Waals surface area contributed by atoms with E-state index in [0.717, 1.165) is 37.9 Å². The zero-order valence-electron chi connectivity index (χ0n) is 13.8. The van der Waals surface area contributed by atoms with Gasteiger partial charge in [0, 0.05) is 45.1 Å². The highest BCUT2D eigenvalue weighted by atomic mass is 16.5. The Hall–Kier alpha value is -0.950. The minimum atomic E-state index is 0. The van der Waals surface area contributed by atoms with Crippen molar-refractivity contribution in [2.45, 2.75) is 45.4 Å². The third-order valence-electron chi connectivity index (χ3n) is 3.28. The molecule has 1 unspecified atom stereocenters. The number of Topliss-reactive ketones (excluding diaryl/α,β-unsaturated/α-hetero) is 1. The zero-order valence-corrected chi connectivity index (χ0v) is 13.8. The highest BCUT2D eigenvalue weighted by Crippen LogP contribution is 2.11. The van der Waals surface area contributed by atoms with E-state index >= 15 is 0 Å². The Balaban J connectivity index is 0. The maximum atomic E-state index is 10.8. The van der Waals surface area contributed by atoms with Gasteiger partial charge in [0.05, 0.1) is 0 Å². The lowest BCUT2D eigenvalue weighted by atomic mass is 10.0. The number of nitrogens with one attached hydrogen (secondary N) is 1. The van der Waals surface area contributed by atoms with Crippen LogP contribution in [0.3, 0.4) is 0 Å². The summed E-state index contributed by atoms with van der Waals surface area (Å²) in [4.78, 5) is 10.8. The van der Waals surface area contributed by atoms with Crippen molar-refractivity contribution in [3.05, 3.63) is 12.3 Å². The van der Waals surface area contributed by atoms with Gasteiger partial charge in [0.2, 0.25) is 0 Å². The molecule has 0 aromatic carbocycles. The molecule has 0 bridgehead atoms. The van der Waals surface area contributed by atoms with Crippen molar-refractivity contribution in [3.63, 3.8) is 0 Å². The summed E-state index contributed by atoms with van der Waals surface area (Å²) in [5, 5.41) is 21.0. The van der Waals surface area contributed by atoms with E-state index in [9.17, 15) is 4.79 Å². The summed E-state index contributed by atoms with van der Waals surface area (Å²) in [6.07, 6.45) is 4.47. The molecule has 0 heterocycles. The van der Waals surface area contributed by atoms with Crippen LogP contribution in [0.25, 0.3) is 0 Å². The van der Waals surface area contributed by atoms with E-state index in [2.05, 4.69) is 11.9 Å². The fourth-order valence-corrected chi connectivity index (χ4v) is 1.98. The Morgan fingerprint density at radius 1 is 1.18 bits per heavy atom. The van der Waals surface area contributed by atoms with Gasteiger partial charge in [-0.3, -0.25) is 0 Å². The first-order valence-corrected chi connectivity index (χ1v) is 7.80. The molecule has 5 N–H and O–H groups in total. The van der Waals surface area contributed by atoms with Crippen molar-refractivity contribution >= 4 is 5.78 Å². The van der Waals surface area contributed by atoms with Crippen LogP contribution in [0.5, 0.6) is 0 Å². The molecule has 0 aliphatic heterocycles. The molecule has 6 nitrogen and oxygen atoms in total. The van der Waals surface area contributed by atoms with E-state index in [1.54, 1.807) is 6.92 Å². The Labute approximate surface area is 133 Å². The number of carbonyl (C=O) groups is 1. The third kappa shape index (κ3) is 15.4. The number of carbonyl (C=O) groups excluding carboxylic acids is 1. The van der Waals surface area contributed by atoms with E-state index in [-0.39, 0.29) is 24.5 Å². The number of rotatable bonds is 15. The predicted molar refractivity (Wildman–Crippen MR) is 87.6 cm³/mol. The quantitative estimate of drug-likeness (QED) is 0.387. The van der Waals surface area contributed by atoms with Gasteiger partial charge in [-0.2, -0.15) is 0 Å². The van der Waals surface area contributed by atoms with Gasteiger partial charge in [0.1, 0.15) is 5.78 Å². The molecular formula is C16H33NO5. The lowest BCUT2D eigenvalue weighted by Crippen LogP contribution is -2.18. The van der Waals surface area contributed by atoms with Gasteiger partial charge in [-0.1, -0.05) is 6.58 Å². The van der Waals surface area contributed by atoms with Crippen molar-refractivity contribution in [1.29, 1.82) is 0 Å². The first-order chi connectivity index (χ1) is 10.1. The maximum Gasteiger partial charge on any atom is 0.130 e. The molecular weight excluding hydrogens is 286 g/mol. The van der Waals surface area contributed by atoms with Crippen molar-refractivity contribution in [3.8, 4) is 0 Å². The minimum Gasteiger partial charge on any atom is -0.412 e. The van der Waals surface area contributed by atoms with Crippen LogP contribution < -0.4 is 5.32 Å². The largest absolute Gasteiger partial charge is 0.412 e. The summed E-state index contributed by atoms with van der Waals surface area (Å²) in [6, 6.07) is 0. The maximum absolute atomic E-state index is 10.8. The zero-order chi connectivity index (χ0) is 15.9. The summed E-state index contributed by atoms with van der Waals surface area (Å²) in [5.41, 5.74) is 0.895. The highest BCUT2D eigenvalue weighted by molar-refractivity contribution is 5.75. The summed E-state index contributed by atoms with van der Waals surface area (Å²) in [7, 11) is 0. The van der Waals surface area contributed by atoms with Crippen LogP contribution in [-0.2, 0) is 9.53 Å². The molecule has 0 aliphatic carbocycles. The Morgan fingerprint density at radius 2 is 1.91 bits per heavy atom. The normalized spacial score (nSPS) is 11.6. The summed E-state index contributed by atoms with van der Waals surface area (Å²) in [6.45, 7) is 7.89. The van der Waals surface area contributed by atoms with Gasteiger partial charge in [-0.15, -0.1) is 0 Å². The van der Waals surface area contributed by atoms with Crippen LogP contribution in [0, 0.1) is 5.92 Å². The number of aliphatic hydroxyl groups is 2. The summed E-state index contributed by atoms with van der Waals surface area (Å²) in [5.74, 6) is 0.500. The minimum absolute atomic E-state index is 0. The van der Waals surface area contributed by atoms with Crippen LogP contribution in [0.1, 0.15) is 45.4 Å². The first-order valence-electron chi connectivity index (χ1n) is 7.80. The monoisotopic (exact) mass is 319 g/mol. The van der Waals surface area contributed by atoms with Gasteiger partial charge in [0.25, 0.3) is 0 Å². The SMILES string of the molecule is C=C(CCC(C)=O)NCCCOCC(CCO)CCCO.O. The lowest BCUT2D eigenvalue weighted by Gasteiger charge is -2.15. The second kappa shape index (κ2) is 16.4. The predicted octanol–water partition coefficient (Wildman–Crippen LogP) is 0.812. The fraction of sp³-hybridized carbons (Fsp3) is 0.812. The summed E-state index contributed by atoms with van der Waals surface area (Å²) >= 11 is 0. The van der Waals surface area contributed by atoms with E-state index in [4.69, 9.17) is 14.9 Å². The smallest absolute Gasteiger partial charge is 0.130 e. The molecule has 0 aliphatic rings. The van der Waals surface area contributed by atoms with Gasteiger partial charge < -0.3 is 30.5 Å². The van der Waals surface area contributed by atoms with Crippen LogP contribution in [-0.4, -0.2) is 54.4 Å². The van der Waals surface area contributed by atoms with Crippen LogP contribution >= 0.6 is 0 Å². The Bertz CT molecular complexity index is 284. The molecule has 0 amide bonds. The lowest BCUT2D eigenvalue weighted by molar-refractivity contribution is -0.117. The molecule has 0 saturated carbocycles. The number of hydrogen-bond donors (Lipinski definition) is 3. The second-order valence-corrected chi connectivity index (χ2v) is 5.40. The Morgan fingerprint density at radius 3 is 2.50 bits per heavy atom. The molecule has 0 spiro atoms. The highest BCUT2D eigenvalue weighted by Gasteiger charge is 2.08. The fourth-order valence-electron chi connectivity index (χ4n) is 1.98. The van der Waals surface area contributed by atoms with Gasteiger partial charge in [0.15, 0.2) is 0 Å². The second-order valence-electron chi connectivity index (χ2n) is 5.40. The third-order valence-corrected chi connectivity index (χ3v) is 3.28. The van der Waals surface area contributed by atoms with Gasteiger partial charge >= 0.3 is 0 Å². The first kappa shape index (κ1) is 23.3. The van der Waals surface area contributed by atoms with Crippen molar-refractivity contribution < 1.29 is 25.2 Å². The average Bonchev–Trinajstić information content (AvgIpc) is 2.45. The molecule has 132 valence electrons. The average molecular weight is 319 g/mol. The van der Waals surface area contributed by atoms with Gasteiger partial charge in [-0.25, -0.2) is 0 Å². The number of allylic oxidation sites excluding steroid dienone is 1. The topological polar surface area (TPSA) is 110 Å². The van der Waals surface area contributed by atoms with Crippen molar-refractivity contribution in [2.75, 3.05) is 33.0 Å². The molecule has 0 saturated heterocycles. The molecule has 0 rings (SSSR count). The van der Waals surface area contributed by atoms with Crippen LogP contribution in [0.15, 0.2) is 12.3 Å². The molecule has 0 aromatic heterocycles. The van der Waals surface area contributed by atoms with Crippen LogP contribution in [0.4, 0.5) is 0 Å². The number of hydrogen-bond acceptors (Lipinski definition) is 5. The van der Waals surface area contributed by atoms with Crippen LogP contribution in [0.2, 0.25) is 0 Å². The number of ether oxygens (including phenoxy) is 1. The molecule has 22 heavy (non-hydrogen) atoms. The molecule has 0 aromatic rings. The standard InChI is InChI=1S/C16H31NO4.H2O/c1-14(6-7-15(2)20)17-9-4-12-21-13-16(8-11-19)5-3-10-18;/h16-19H,1,3-13H2,2H3;1H2. The Kier molecular flexibility index (Phi) is 17.4. The summed E-state index contributed by atoms with van der Waals surface area (Å²) < 4.78 is 5.61. The molecule has 6 heteroatoms. The van der Waals surface area contributed by atoms with E-state index in [1.165, 1.54) is 0 Å². The van der Waals surface area contributed by atoms with Crippen molar-refractivity contribution in [1.82, 2.24) is 5.32 Å².